The van der Waals surface area contributed by atoms with Gasteiger partial charge in [0.2, 0.25) is 0 Å². The highest BCUT2D eigenvalue weighted by Gasteiger charge is 2.11. The number of hydrogen-bond donors (Lipinski definition) is 1. The molecule has 0 fully saturated rings. The average molecular weight is 290 g/mol. The van der Waals surface area contributed by atoms with Gasteiger partial charge in [-0.25, -0.2) is 0 Å². The maximum atomic E-state index is 9.65. The van der Waals surface area contributed by atoms with Crippen LogP contribution >= 0.6 is 11.6 Å². The Hall–Kier alpha value is -1.67. The SMILES string of the molecule is C/C=C(\C=C/CCl)Cn1c(C)c(C)c2cc(O)ccc21. The first-order chi connectivity index (χ1) is 9.58. The number of hydrogen-bond acceptors (Lipinski definition) is 1. The van der Waals surface area contributed by atoms with E-state index >= 15 is 0 Å². The molecule has 0 aliphatic heterocycles. The molecule has 2 nitrogen and oxygen atoms in total. The molecule has 2 rings (SSSR count). The zero-order valence-electron chi connectivity index (χ0n) is 12.2. The molecule has 3 heteroatoms. The Morgan fingerprint density at radius 2 is 2.10 bits per heavy atom. The van der Waals surface area contributed by atoms with Crippen LogP contribution in [0.5, 0.6) is 5.75 Å². The van der Waals surface area contributed by atoms with Gasteiger partial charge in [0.1, 0.15) is 5.75 Å². The molecule has 1 heterocycles. The van der Waals surface area contributed by atoms with Crippen molar-refractivity contribution in [1.29, 1.82) is 0 Å². The summed E-state index contributed by atoms with van der Waals surface area (Å²) in [5.74, 6) is 0.835. The minimum absolute atomic E-state index is 0.311. The van der Waals surface area contributed by atoms with E-state index in [1.54, 1.807) is 6.07 Å². The van der Waals surface area contributed by atoms with Crippen molar-refractivity contribution in [3.63, 3.8) is 0 Å². The second-order valence-corrected chi connectivity index (χ2v) is 5.23. The number of fused-ring (bicyclic) bond motifs is 1. The summed E-state index contributed by atoms with van der Waals surface area (Å²) in [7, 11) is 0. The van der Waals surface area contributed by atoms with Crippen LogP contribution in [0.15, 0.2) is 42.0 Å². The van der Waals surface area contributed by atoms with Crippen LogP contribution in [0, 0.1) is 13.8 Å². The third kappa shape index (κ3) is 2.75. The van der Waals surface area contributed by atoms with Crippen LogP contribution in [-0.2, 0) is 6.54 Å². The molecular formula is C17H20ClNO. The van der Waals surface area contributed by atoms with Crippen molar-refractivity contribution in [2.75, 3.05) is 5.88 Å². The zero-order valence-corrected chi connectivity index (χ0v) is 12.9. The average Bonchev–Trinajstić information content (AvgIpc) is 2.68. The topological polar surface area (TPSA) is 25.2 Å². The summed E-state index contributed by atoms with van der Waals surface area (Å²) in [6.45, 7) is 7.06. The maximum Gasteiger partial charge on any atom is 0.116 e. The van der Waals surface area contributed by atoms with Gasteiger partial charge in [0.05, 0.1) is 0 Å². The Morgan fingerprint density at radius 3 is 2.75 bits per heavy atom. The van der Waals surface area contributed by atoms with Gasteiger partial charge in [0, 0.05) is 29.0 Å². The summed E-state index contributed by atoms with van der Waals surface area (Å²) >= 11 is 5.70. The fourth-order valence-corrected chi connectivity index (χ4v) is 2.55. The third-order valence-corrected chi connectivity index (χ3v) is 3.93. The third-order valence-electron chi connectivity index (χ3n) is 3.76. The first kappa shape index (κ1) is 14.7. The number of phenols is 1. The number of allylic oxidation sites excluding steroid dienone is 4. The summed E-state index contributed by atoms with van der Waals surface area (Å²) in [5.41, 5.74) is 4.81. The van der Waals surface area contributed by atoms with E-state index in [0.29, 0.717) is 11.6 Å². The molecule has 20 heavy (non-hydrogen) atoms. The van der Waals surface area contributed by atoms with Crippen LogP contribution in [0.1, 0.15) is 18.2 Å². The van der Waals surface area contributed by atoms with Crippen molar-refractivity contribution in [1.82, 2.24) is 4.57 Å². The number of aromatic nitrogens is 1. The van der Waals surface area contributed by atoms with Crippen molar-refractivity contribution < 1.29 is 5.11 Å². The van der Waals surface area contributed by atoms with E-state index in [2.05, 4.69) is 30.6 Å². The van der Waals surface area contributed by atoms with Crippen LogP contribution in [0.2, 0.25) is 0 Å². The molecule has 1 aromatic heterocycles. The lowest BCUT2D eigenvalue weighted by Crippen LogP contribution is -2.02. The van der Waals surface area contributed by atoms with E-state index < -0.39 is 0 Å². The second kappa shape index (κ2) is 6.19. The lowest BCUT2D eigenvalue weighted by Gasteiger charge is -2.09. The van der Waals surface area contributed by atoms with E-state index in [4.69, 9.17) is 11.6 Å². The quantitative estimate of drug-likeness (QED) is 0.640. The monoisotopic (exact) mass is 289 g/mol. The Labute approximate surface area is 125 Å². The van der Waals surface area contributed by atoms with Crippen LogP contribution < -0.4 is 0 Å². The van der Waals surface area contributed by atoms with Gasteiger partial charge in [-0.2, -0.15) is 0 Å². The van der Waals surface area contributed by atoms with Gasteiger partial charge in [-0.1, -0.05) is 18.2 Å². The largest absolute Gasteiger partial charge is 0.508 e. The zero-order chi connectivity index (χ0) is 14.7. The summed E-state index contributed by atoms with van der Waals surface area (Å²) < 4.78 is 2.28. The molecule has 0 bridgehead atoms. The molecule has 1 N–H and O–H groups in total. The van der Waals surface area contributed by atoms with Crippen molar-refractivity contribution >= 4 is 22.5 Å². The first-order valence-electron chi connectivity index (χ1n) is 6.74. The van der Waals surface area contributed by atoms with Crippen molar-refractivity contribution in [3.05, 3.63) is 53.3 Å². The lowest BCUT2D eigenvalue weighted by atomic mass is 10.1. The lowest BCUT2D eigenvalue weighted by molar-refractivity contribution is 0.476. The molecule has 0 atom stereocenters. The fraction of sp³-hybridized carbons (Fsp3) is 0.294. The van der Waals surface area contributed by atoms with Gasteiger partial charge in [0.15, 0.2) is 0 Å². The number of aromatic hydroxyl groups is 1. The number of nitrogens with zero attached hydrogens (tertiary/aromatic N) is 1. The molecule has 106 valence electrons. The highest BCUT2D eigenvalue weighted by molar-refractivity contribution is 6.18. The Morgan fingerprint density at radius 1 is 1.35 bits per heavy atom. The molecule has 0 aliphatic rings. The number of phenolic OH excluding ortho intramolecular Hbond substituents is 1. The predicted molar refractivity (Wildman–Crippen MR) is 86.7 cm³/mol. The van der Waals surface area contributed by atoms with Gasteiger partial charge in [-0.3, -0.25) is 0 Å². The summed E-state index contributed by atoms with van der Waals surface area (Å²) in [4.78, 5) is 0. The van der Waals surface area contributed by atoms with Crippen LogP contribution in [-0.4, -0.2) is 15.6 Å². The van der Waals surface area contributed by atoms with E-state index in [9.17, 15) is 5.11 Å². The first-order valence-corrected chi connectivity index (χ1v) is 7.28. The molecule has 0 spiro atoms. The molecular weight excluding hydrogens is 270 g/mol. The van der Waals surface area contributed by atoms with E-state index in [1.165, 1.54) is 16.8 Å². The van der Waals surface area contributed by atoms with Gasteiger partial charge >= 0.3 is 0 Å². The highest BCUT2D eigenvalue weighted by Crippen LogP contribution is 2.29. The molecule has 1 aromatic carbocycles. The maximum absolute atomic E-state index is 9.65. The van der Waals surface area contributed by atoms with Gasteiger partial charge in [0.25, 0.3) is 0 Å². The number of benzene rings is 1. The van der Waals surface area contributed by atoms with E-state index in [-0.39, 0.29) is 0 Å². The van der Waals surface area contributed by atoms with Gasteiger partial charge in [-0.05, 0) is 50.1 Å². The molecule has 0 saturated heterocycles. The van der Waals surface area contributed by atoms with Gasteiger partial charge in [-0.15, -0.1) is 11.6 Å². The van der Waals surface area contributed by atoms with Crippen LogP contribution in [0.25, 0.3) is 10.9 Å². The van der Waals surface area contributed by atoms with E-state index in [1.807, 2.05) is 25.1 Å². The highest BCUT2D eigenvalue weighted by atomic mass is 35.5. The Kier molecular flexibility index (Phi) is 4.56. The minimum atomic E-state index is 0.311. The molecule has 0 unspecified atom stereocenters. The van der Waals surface area contributed by atoms with Crippen LogP contribution in [0.4, 0.5) is 0 Å². The number of alkyl halides is 1. The summed E-state index contributed by atoms with van der Waals surface area (Å²) in [5, 5.41) is 10.8. The summed E-state index contributed by atoms with van der Waals surface area (Å²) in [6, 6.07) is 5.54. The fourth-order valence-electron chi connectivity index (χ4n) is 2.46. The molecule has 0 amide bonds. The van der Waals surface area contributed by atoms with Gasteiger partial charge < -0.3 is 9.67 Å². The summed E-state index contributed by atoms with van der Waals surface area (Å²) in [6.07, 6.45) is 6.12. The van der Waals surface area contributed by atoms with Crippen molar-refractivity contribution in [3.8, 4) is 5.75 Å². The second-order valence-electron chi connectivity index (χ2n) is 4.92. The number of aryl methyl sites for hydroxylation is 1. The minimum Gasteiger partial charge on any atom is -0.508 e. The molecule has 0 saturated carbocycles. The van der Waals surface area contributed by atoms with Crippen LogP contribution in [0.3, 0.4) is 0 Å². The van der Waals surface area contributed by atoms with E-state index in [0.717, 1.165) is 17.4 Å². The Bertz CT molecular complexity index is 680. The predicted octanol–water partition coefficient (Wildman–Crippen LogP) is 4.71. The van der Waals surface area contributed by atoms with Crippen molar-refractivity contribution in [2.24, 2.45) is 0 Å². The molecule has 2 aromatic rings. The molecule has 0 radical (unpaired) electrons. The van der Waals surface area contributed by atoms with Crippen molar-refractivity contribution in [2.45, 2.75) is 27.3 Å². The number of halogens is 1. The number of rotatable bonds is 4. The Balaban J connectivity index is 2.49. The molecule has 0 aliphatic carbocycles. The smallest absolute Gasteiger partial charge is 0.116 e. The normalized spacial score (nSPS) is 12.7. The standard InChI is InChI=1S/C17H20ClNO/c1-4-14(6-5-9-18)11-19-13(3)12(2)16-10-15(20)7-8-17(16)19/h4-8,10,20H,9,11H2,1-3H3/b6-5-,14-4+.